The number of nitrogens with zero attached hydrogens (tertiary/aromatic N) is 2. The van der Waals surface area contributed by atoms with Gasteiger partial charge in [0.25, 0.3) is 0 Å². The van der Waals surface area contributed by atoms with Crippen molar-refractivity contribution in [3.05, 3.63) is 5.82 Å². The van der Waals surface area contributed by atoms with E-state index in [1.807, 2.05) is 12.5 Å². The normalized spacial score (nSPS) is 15.9. The van der Waals surface area contributed by atoms with Gasteiger partial charge in [-0.05, 0) is 25.4 Å². The highest BCUT2D eigenvalue weighted by atomic mass is 32.2. The second-order valence-electron chi connectivity index (χ2n) is 3.29. The smallest absolute Gasteiger partial charge is 0.134 e. The van der Waals surface area contributed by atoms with Crippen LogP contribution in [0.3, 0.4) is 0 Å². The third-order valence-corrected chi connectivity index (χ3v) is 3.62. The van der Waals surface area contributed by atoms with E-state index < -0.39 is 0 Å². The Morgan fingerprint density at radius 2 is 1.64 bits per heavy atom. The molecular weight excluding hydrogens is 214 g/mol. The lowest BCUT2D eigenvalue weighted by molar-refractivity contribution is 0.839. The minimum atomic E-state index is 0.590. The summed E-state index contributed by atoms with van der Waals surface area (Å²) in [6.45, 7) is 0. The Bertz CT molecular complexity index is 325. The summed E-state index contributed by atoms with van der Waals surface area (Å²) in [6, 6.07) is 0. The van der Waals surface area contributed by atoms with E-state index >= 15 is 0 Å². The van der Waals surface area contributed by atoms with Crippen LogP contribution in [-0.4, -0.2) is 22.5 Å². The molecule has 1 saturated carbocycles. The molecule has 2 N–H and O–H groups in total. The Kier molecular flexibility index (Phi) is 2.88. The monoisotopic (exact) mass is 227 g/mol. The predicted octanol–water partition coefficient (Wildman–Crippen LogP) is 2.38. The first-order valence-electron chi connectivity index (χ1n) is 4.51. The predicted molar refractivity (Wildman–Crippen MR) is 62.0 cm³/mol. The molecule has 5 heteroatoms. The van der Waals surface area contributed by atoms with Gasteiger partial charge in [-0.15, -0.1) is 23.5 Å². The van der Waals surface area contributed by atoms with Gasteiger partial charge in [0.15, 0.2) is 0 Å². The van der Waals surface area contributed by atoms with E-state index in [2.05, 4.69) is 9.97 Å². The molecule has 0 aliphatic heterocycles. The maximum Gasteiger partial charge on any atom is 0.134 e. The molecule has 14 heavy (non-hydrogen) atoms. The van der Waals surface area contributed by atoms with Crippen LogP contribution in [0.4, 0.5) is 5.69 Å². The Morgan fingerprint density at radius 3 is 2.00 bits per heavy atom. The highest BCUT2D eigenvalue weighted by Crippen LogP contribution is 2.40. The van der Waals surface area contributed by atoms with Gasteiger partial charge in [-0.1, -0.05) is 0 Å². The minimum absolute atomic E-state index is 0.590. The summed E-state index contributed by atoms with van der Waals surface area (Å²) in [5.74, 6) is 1.57. The van der Waals surface area contributed by atoms with Gasteiger partial charge in [-0.25, -0.2) is 9.97 Å². The molecule has 76 valence electrons. The quantitative estimate of drug-likeness (QED) is 0.634. The lowest BCUT2D eigenvalue weighted by Gasteiger charge is -2.08. The second-order valence-corrected chi connectivity index (χ2v) is 4.88. The highest BCUT2D eigenvalue weighted by Gasteiger charge is 2.28. The van der Waals surface area contributed by atoms with Crippen LogP contribution in [0.25, 0.3) is 0 Å². The van der Waals surface area contributed by atoms with Crippen molar-refractivity contribution in [1.29, 1.82) is 0 Å². The molecule has 0 amide bonds. The van der Waals surface area contributed by atoms with Gasteiger partial charge < -0.3 is 5.73 Å². The first-order chi connectivity index (χ1) is 6.76. The van der Waals surface area contributed by atoms with E-state index in [0.717, 1.165) is 21.6 Å². The number of thioether (sulfide) groups is 2. The average molecular weight is 227 g/mol. The fraction of sp³-hybridized carbons (Fsp3) is 0.556. The number of rotatable bonds is 3. The fourth-order valence-corrected chi connectivity index (χ4v) is 2.35. The molecule has 0 aromatic carbocycles. The molecule has 0 bridgehead atoms. The van der Waals surface area contributed by atoms with Crippen molar-refractivity contribution in [1.82, 2.24) is 9.97 Å². The second kappa shape index (κ2) is 3.98. The molecular formula is C9H13N3S2. The van der Waals surface area contributed by atoms with Gasteiger partial charge in [0.05, 0.1) is 5.69 Å². The molecule has 0 unspecified atom stereocenters. The zero-order valence-corrected chi connectivity index (χ0v) is 9.91. The van der Waals surface area contributed by atoms with E-state index in [9.17, 15) is 0 Å². The van der Waals surface area contributed by atoms with Crippen molar-refractivity contribution in [2.45, 2.75) is 28.8 Å². The van der Waals surface area contributed by atoms with Crippen molar-refractivity contribution >= 4 is 29.2 Å². The van der Waals surface area contributed by atoms with Gasteiger partial charge in [0.1, 0.15) is 15.9 Å². The van der Waals surface area contributed by atoms with Crippen molar-refractivity contribution in [2.24, 2.45) is 0 Å². The van der Waals surface area contributed by atoms with Gasteiger partial charge in [-0.2, -0.15) is 0 Å². The Morgan fingerprint density at radius 1 is 1.14 bits per heavy atom. The Labute approximate surface area is 92.3 Å². The van der Waals surface area contributed by atoms with Gasteiger partial charge in [0.2, 0.25) is 0 Å². The molecule has 1 fully saturated rings. The third kappa shape index (κ3) is 1.83. The Hall–Kier alpha value is -0.420. The molecule has 1 aromatic heterocycles. The minimum Gasteiger partial charge on any atom is -0.394 e. The average Bonchev–Trinajstić information content (AvgIpc) is 3.02. The van der Waals surface area contributed by atoms with Crippen LogP contribution in [0.15, 0.2) is 10.1 Å². The molecule has 0 atom stereocenters. The SMILES string of the molecule is CSc1nc(C2CC2)nc(SC)c1N. The molecule has 1 aromatic rings. The molecule has 0 saturated heterocycles. The lowest BCUT2D eigenvalue weighted by atomic mass is 10.4. The number of hydrogen-bond donors (Lipinski definition) is 1. The summed E-state index contributed by atoms with van der Waals surface area (Å²) in [6.07, 6.45) is 6.45. The van der Waals surface area contributed by atoms with E-state index in [1.165, 1.54) is 12.8 Å². The zero-order chi connectivity index (χ0) is 10.1. The largest absolute Gasteiger partial charge is 0.394 e. The van der Waals surface area contributed by atoms with Gasteiger partial charge in [0, 0.05) is 5.92 Å². The Balaban J connectivity index is 2.43. The van der Waals surface area contributed by atoms with Crippen molar-refractivity contribution in [3.63, 3.8) is 0 Å². The summed E-state index contributed by atoms with van der Waals surface area (Å²) in [5.41, 5.74) is 6.66. The van der Waals surface area contributed by atoms with Gasteiger partial charge >= 0.3 is 0 Å². The molecule has 0 spiro atoms. The van der Waals surface area contributed by atoms with Crippen LogP contribution < -0.4 is 5.73 Å². The topological polar surface area (TPSA) is 51.8 Å². The van der Waals surface area contributed by atoms with E-state index in [1.54, 1.807) is 23.5 Å². The first kappa shape index (κ1) is 10.1. The summed E-state index contributed by atoms with van der Waals surface area (Å²) in [7, 11) is 0. The summed E-state index contributed by atoms with van der Waals surface area (Å²) in [5, 5.41) is 1.84. The van der Waals surface area contributed by atoms with E-state index in [-0.39, 0.29) is 0 Å². The lowest BCUT2D eigenvalue weighted by Crippen LogP contribution is -2.02. The van der Waals surface area contributed by atoms with E-state index in [4.69, 9.17) is 5.73 Å². The van der Waals surface area contributed by atoms with Crippen LogP contribution in [0.1, 0.15) is 24.6 Å². The summed E-state index contributed by atoms with van der Waals surface area (Å²) < 4.78 is 0. The molecule has 2 rings (SSSR count). The number of hydrogen-bond acceptors (Lipinski definition) is 5. The summed E-state index contributed by atoms with van der Waals surface area (Å²) >= 11 is 3.19. The summed E-state index contributed by atoms with van der Waals surface area (Å²) in [4.78, 5) is 8.95. The molecule has 1 aliphatic rings. The molecule has 1 heterocycles. The number of aromatic nitrogens is 2. The number of nitrogens with two attached hydrogens (primary N) is 1. The van der Waals surface area contributed by atoms with Crippen LogP contribution in [0.5, 0.6) is 0 Å². The zero-order valence-electron chi connectivity index (χ0n) is 8.28. The van der Waals surface area contributed by atoms with Crippen molar-refractivity contribution < 1.29 is 0 Å². The van der Waals surface area contributed by atoms with Gasteiger partial charge in [-0.3, -0.25) is 0 Å². The van der Waals surface area contributed by atoms with E-state index in [0.29, 0.717) is 5.92 Å². The molecule has 0 radical (unpaired) electrons. The van der Waals surface area contributed by atoms with Crippen LogP contribution in [0, 0.1) is 0 Å². The fourth-order valence-electron chi connectivity index (χ4n) is 1.28. The van der Waals surface area contributed by atoms with Crippen LogP contribution in [-0.2, 0) is 0 Å². The standard InChI is InChI=1S/C9H13N3S2/c1-13-8-6(10)9(14-2)12-7(11-8)5-3-4-5/h5H,3-4,10H2,1-2H3. The number of anilines is 1. The van der Waals surface area contributed by atoms with Crippen molar-refractivity contribution in [3.8, 4) is 0 Å². The maximum absolute atomic E-state index is 5.93. The first-order valence-corrected chi connectivity index (χ1v) is 6.96. The maximum atomic E-state index is 5.93. The number of nitrogen functional groups attached to an aromatic ring is 1. The molecule has 1 aliphatic carbocycles. The van der Waals surface area contributed by atoms with Crippen molar-refractivity contribution in [2.75, 3.05) is 18.2 Å². The highest BCUT2D eigenvalue weighted by molar-refractivity contribution is 7.99. The third-order valence-electron chi connectivity index (χ3n) is 2.22. The molecule has 3 nitrogen and oxygen atoms in total. The van der Waals surface area contributed by atoms with Crippen LogP contribution >= 0.6 is 23.5 Å². The van der Waals surface area contributed by atoms with Crippen LogP contribution in [0.2, 0.25) is 0 Å².